The third kappa shape index (κ3) is 2.92. The number of benzene rings is 1. The molecule has 1 heterocycles. The number of nitrogens with zero attached hydrogens (tertiary/aromatic N) is 4. The van der Waals surface area contributed by atoms with E-state index >= 15 is 0 Å². The third-order valence-electron chi connectivity index (χ3n) is 2.53. The Morgan fingerprint density at radius 2 is 2.16 bits per heavy atom. The topological polar surface area (TPSA) is 112 Å². The van der Waals surface area contributed by atoms with Gasteiger partial charge in [0, 0.05) is 0 Å². The Labute approximate surface area is 108 Å². The fourth-order valence-corrected chi connectivity index (χ4v) is 1.63. The van der Waals surface area contributed by atoms with E-state index in [1.54, 1.807) is 24.3 Å². The van der Waals surface area contributed by atoms with Gasteiger partial charge in [-0.15, -0.1) is 10.2 Å². The first-order chi connectivity index (χ1) is 9.22. The summed E-state index contributed by atoms with van der Waals surface area (Å²) in [6.07, 6.45) is -0.757. The van der Waals surface area contributed by atoms with Gasteiger partial charge >= 0.3 is 6.09 Å². The van der Waals surface area contributed by atoms with Crippen molar-refractivity contribution in [1.29, 1.82) is 0 Å². The Hall–Kier alpha value is -2.77. The van der Waals surface area contributed by atoms with E-state index in [4.69, 9.17) is 0 Å². The smallest absolute Gasteiger partial charge is 0.408 e. The molecule has 8 heteroatoms. The van der Waals surface area contributed by atoms with Crippen LogP contribution in [0, 0.1) is 0 Å². The molecule has 1 unspecified atom stereocenters. The molecule has 0 bridgehead atoms. The van der Waals surface area contributed by atoms with E-state index in [9.17, 15) is 14.7 Å². The molecule has 1 aromatic carbocycles. The largest absolute Gasteiger partial charge is 0.465 e. The summed E-state index contributed by atoms with van der Waals surface area (Å²) >= 11 is 0. The summed E-state index contributed by atoms with van der Waals surface area (Å²) in [5.41, 5.74) is 0.764. The predicted molar refractivity (Wildman–Crippen MR) is 63.0 cm³/mol. The van der Waals surface area contributed by atoms with Crippen LogP contribution >= 0.6 is 0 Å². The van der Waals surface area contributed by atoms with Gasteiger partial charge in [0.1, 0.15) is 0 Å². The fraction of sp³-hybridized carbons (Fsp3) is 0.182. The van der Waals surface area contributed by atoms with Gasteiger partial charge in [0.15, 0.2) is 12.3 Å². The quantitative estimate of drug-likeness (QED) is 0.763. The molecule has 8 nitrogen and oxygen atoms in total. The second kappa shape index (κ2) is 5.71. The molecular weight excluding hydrogens is 250 g/mol. The number of nitrogens with one attached hydrogen (secondary N) is 1. The van der Waals surface area contributed by atoms with Crippen molar-refractivity contribution in [3.8, 4) is 0 Å². The summed E-state index contributed by atoms with van der Waals surface area (Å²) in [6.45, 7) is 0.0636. The minimum Gasteiger partial charge on any atom is -0.465 e. The first-order valence-corrected chi connectivity index (χ1v) is 5.44. The highest BCUT2D eigenvalue weighted by Crippen LogP contribution is 2.17. The number of aromatic amines is 1. The number of amides is 1. The highest BCUT2D eigenvalue weighted by Gasteiger charge is 2.27. The van der Waals surface area contributed by atoms with Crippen molar-refractivity contribution in [3.05, 3.63) is 41.7 Å². The minimum absolute atomic E-state index is 0.0216. The highest BCUT2D eigenvalue weighted by atomic mass is 16.4. The number of hydrogen-bond acceptors (Lipinski definition) is 5. The molecule has 0 spiro atoms. The standard InChI is InChI=1S/C11H11N5O3/c17-7-9(10-12-14-15-13-10)16(11(18)19)6-8-4-2-1-3-5-8/h1-5,7,9H,6H2,(H,18,19)(H,12,13,14,15). The number of tetrazole rings is 1. The lowest BCUT2D eigenvalue weighted by Gasteiger charge is -2.22. The van der Waals surface area contributed by atoms with Crippen LogP contribution in [0.3, 0.4) is 0 Å². The molecule has 98 valence electrons. The Morgan fingerprint density at radius 1 is 1.42 bits per heavy atom. The molecule has 0 aliphatic heterocycles. The van der Waals surface area contributed by atoms with Crippen molar-refractivity contribution in [3.63, 3.8) is 0 Å². The van der Waals surface area contributed by atoms with E-state index in [2.05, 4.69) is 20.6 Å². The molecule has 0 aliphatic rings. The first kappa shape index (κ1) is 12.7. The van der Waals surface area contributed by atoms with E-state index in [0.717, 1.165) is 10.5 Å². The van der Waals surface area contributed by atoms with Crippen molar-refractivity contribution < 1.29 is 14.7 Å². The van der Waals surface area contributed by atoms with Gasteiger partial charge in [0.25, 0.3) is 0 Å². The lowest BCUT2D eigenvalue weighted by atomic mass is 10.2. The number of carbonyl (C=O) groups excluding carboxylic acids is 1. The van der Waals surface area contributed by atoms with Crippen LogP contribution in [0.1, 0.15) is 17.4 Å². The zero-order chi connectivity index (χ0) is 13.7. The molecule has 1 aromatic heterocycles. The maximum absolute atomic E-state index is 11.3. The highest BCUT2D eigenvalue weighted by molar-refractivity contribution is 5.72. The number of rotatable bonds is 5. The van der Waals surface area contributed by atoms with Gasteiger partial charge in [-0.05, 0) is 5.56 Å². The van der Waals surface area contributed by atoms with Gasteiger partial charge in [0.2, 0.25) is 5.82 Å². The summed E-state index contributed by atoms with van der Waals surface area (Å²) < 4.78 is 0. The molecular formula is C11H11N5O3. The second-order valence-electron chi connectivity index (χ2n) is 3.75. The van der Waals surface area contributed by atoms with Crippen LogP contribution in [0.15, 0.2) is 30.3 Å². The molecule has 0 saturated carbocycles. The molecule has 0 fully saturated rings. The molecule has 1 amide bonds. The molecule has 2 N–H and O–H groups in total. The van der Waals surface area contributed by atoms with E-state index < -0.39 is 12.1 Å². The zero-order valence-electron chi connectivity index (χ0n) is 9.80. The summed E-state index contributed by atoms with van der Waals surface area (Å²) in [7, 11) is 0. The SMILES string of the molecule is O=CC(c1nn[nH]n1)N(Cc1ccccc1)C(=O)O. The van der Waals surface area contributed by atoms with E-state index in [0.29, 0.717) is 6.29 Å². The van der Waals surface area contributed by atoms with Crippen molar-refractivity contribution in [2.45, 2.75) is 12.6 Å². The predicted octanol–water partition coefficient (Wildman–Crippen LogP) is 0.620. The Kier molecular flexibility index (Phi) is 3.81. The van der Waals surface area contributed by atoms with Gasteiger partial charge in [0.05, 0.1) is 6.54 Å². The van der Waals surface area contributed by atoms with Gasteiger partial charge < -0.3 is 9.90 Å². The normalized spacial score (nSPS) is 11.8. The second-order valence-corrected chi connectivity index (χ2v) is 3.75. The zero-order valence-corrected chi connectivity index (χ0v) is 9.80. The summed E-state index contributed by atoms with van der Waals surface area (Å²) in [5.74, 6) is 0.0216. The molecule has 0 saturated heterocycles. The van der Waals surface area contributed by atoms with Gasteiger partial charge in [-0.25, -0.2) is 4.79 Å². The summed E-state index contributed by atoms with van der Waals surface area (Å²) in [5, 5.41) is 22.0. The van der Waals surface area contributed by atoms with Crippen molar-refractivity contribution >= 4 is 12.4 Å². The van der Waals surface area contributed by atoms with Crippen LogP contribution in [0.5, 0.6) is 0 Å². The van der Waals surface area contributed by atoms with Gasteiger partial charge in [-0.3, -0.25) is 4.90 Å². The molecule has 2 aromatic rings. The lowest BCUT2D eigenvalue weighted by molar-refractivity contribution is -0.112. The summed E-state index contributed by atoms with van der Waals surface area (Å²) in [4.78, 5) is 23.3. The number of carboxylic acid groups (broad SMARTS) is 1. The molecule has 0 radical (unpaired) electrons. The van der Waals surface area contributed by atoms with Crippen LogP contribution in [0.25, 0.3) is 0 Å². The van der Waals surface area contributed by atoms with Crippen LogP contribution in [-0.4, -0.2) is 43.0 Å². The van der Waals surface area contributed by atoms with E-state index in [1.165, 1.54) is 0 Å². The lowest BCUT2D eigenvalue weighted by Crippen LogP contribution is -2.34. The van der Waals surface area contributed by atoms with Crippen molar-refractivity contribution in [1.82, 2.24) is 25.5 Å². The Balaban J connectivity index is 2.24. The average Bonchev–Trinajstić information content (AvgIpc) is 2.93. The third-order valence-corrected chi connectivity index (χ3v) is 2.53. The van der Waals surface area contributed by atoms with Gasteiger partial charge in [-0.1, -0.05) is 35.5 Å². The van der Waals surface area contributed by atoms with Gasteiger partial charge in [-0.2, -0.15) is 5.21 Å². The molecule has 0 aliphatic carbocycles. The maximum Gasteiger partial charge on any atom is 0.408 e. The molecule has 1 atom stereocenters. The van der Waals surface area contributed by atoms with Crippen LogP contribution < -0.4 is 0 Å². The van der Waals surface area contributed by atoms with Crippen LogP contribution in [0.4, 0.5) is 4.79 Å². The Bertz CT molecular complexity index is 543. The average molecular weight is 261 g/mol. The van der Waals surface area contributed by atoms with E-state index in [-0.39, 0.29) is 12.4 Å². The minimum atomic E-state index is -1.23. The maximum atomic E-state index is 11.3. The van der Waals surface area contributed by atoms with Crippen LogP contribution in [-0.2, 0) is 11.3 Å². The number of H-pyrrole nitrogens is 1. The monoisotopic (exact) mass is 261 g/mol. The number of hydrogen-bond donors (Lipinski definition) is 2. The van der Waals surface area contributed by atoms with E-state index in [1.807, 2.05) is 6.07 Å². The van der Waals surface area contributed by atoms with Crippen molar-refractivity contribution in [2.75, 3.05) is 0 Å². The van der Waals surface area contributed by atoms with Crippen molar-refractivity contribution in [2.24, 2.45) is 0 Å². The summed E-state index contributed by atoms with van der Waals surface area (Å²) in [6, 6.07) is 7.86. The molecule has 2 rings (SSSR count). The Morgan fingerprint density at radius 3 is 2.68 bits per heavy atom. The number of aldehydes is 1. The van der Waals surface area contributed by atoms with Crippen LogP contribution in [0.2, 0.25) is 0 Å². The molecule has 19 heavy (non-hydrogen) atoms. The fourth-order valence-electron chi connectivity index (χ4n) is 1.63. The number of carbonyl (C=O) groups is 2. The first-order valence-electron chi connectivity index (χ1n) is 5.44. The number of aromatic nitrogens is 4.